The van der Waals surface area contributed by atoms with Gasteiger partial charge in [-0.1, -0.05) is 35.3 Å². The van der Waals surface area contributed by atoms with Crippen LogP contribution >= 0.6 is 23.2 Å². The van der Waals surface area contributed by atoms with Crippen molar-refractivity contribution in [3.63, 3.8) is 0 Å². The SMILES string of the molecule is COc1cc(Cl)c(C(=O)c2ccc(C)c(C)c2)cc1Cl. The van der Waals surface area contributed by atoms with E-state index in [1.807, 2.05) is 26.0 Å². The van der Waals surface area contributed by atoms with Crippen molar-refractivity contribution in [3.8, 4) is 5.75 Å². The first-order chi connectivity index (χ1) is 9.43. The van der Waals surface area contributed by atoms with Gasteiger partial charge in [-0.2, -0.15) is 0 Å². The van der Waals surface area contributed by atoms with Gasteiger partial charge in [-0.25, -0.2) is 0 Å². The Hall–Kier alpha value is -1.51. The van der Waals surface area contributed by atoms with E-state index < -0.39 is 0 Å². The molecule has 2 nitrogen and oxygen atoms in total. The highest BCUT2D eigenvalue weighted by atomic mass is 35.5. The van der Waals surface area contributed by atoms with Crippen LogP contribution in [-0.2, 0) is 0 Å². The van der Waals surface area contributed by atoms with Crippen molar-refractivity contribution in [2.45, 2.75) is 13.8 Å². The molecule has 104 valence electrons. The van der Waals surface area contributed by atoms with Gasteiger partial charge in [0, 0.05) is 17.2 Å². The minimum Gasteiger partial charge on any atom is -0.495 e. The normalized spacial score (nSPS) is 10.4. The summed E-state index contributed by atoms with van der Waals surface area (Å²) in [5.74, 6) is 0.302. The fourth-order valence-electron chi connectivity index (χ4n) is 1.90. The number of hydrogen-bond donors (Lipinski definition) is 0. The second-order valence-corrected chi connectivity index (χ2v) is 5.41. The van der Waals surface area contributed by atoms with E-state index in [1.165, 1.54) is 7.11 Å². The molecule has 0 atom stereocenters. The van der Waals surface area contributed by atoms with E-state index >= 15 is 0 Å². The number of benzene rings is 2. The second kappa shape index (κ2) is 5.86. The van der Waals surface area contributed by atoms with Gasteiger partial charge in [-0.3, -0.25) is 4.79 Å². The molecule has 0 aromatic heterocycles. The molecule has 20 heavy (non-hydrogen) atoms. The summed E-state index contributed by atoms with van der Waals surface area (Å²) in [6.07, 6.45) is 0. The number of hydrogen-bond acceptors (Lipinski definition) is 2. The Balaban J connectivity index is 2.48. The fourth-order valence-corrected chi connectivity index (χ4v) is 2.38. The largest absolute Gasteiger partial charge is 0.495 e. The molecule has 0 aliphatic carbocycles. The molecule has 0 unspecified atom stereocenters. The van der Waals surface area contributed by atoms with Crippen molar-refractivity contribution in [1.29, 1.82) is 0 Å². The number of carbonyl (C=O) groups excluding carboxylic acids is 1. The maximum Gasteiger partial charge on any atom is 0.194 e. The highest BCUT2D eigenvalue weighted by Gasteiger charge is 2.16. The molecule has 4 heteroatoms. The molecular weight excluding hydrogens is 295 g/mol. The molecule has 0 saturated carbocycles. The fraction of sp³-hybridized carbons (Fsp3) is 0.188. The van der Waals surface area contributed by atoms with Crippen LogP contribution in [0.25, 0.3) is 0 Å². The highest BCUT2D eigenvalue weighted by molar-refractivity contribution is 6.37. The molecule has 0 saturated heterocycles. The number of halogens is 2. The summed E-state index contributed by atoms with van der Waals surface area (Å²) in [4.78, 5) is 12.5. The molecule has 0 fully saturated rings. The number of carbonyl (C=O) groups is 1. The topological polar surface area (TPSA) is 26.3 Å². The van der Waals surface area contributed by atoms with Gasteiger partial charge in [-0.15, -0.1) is 0 Å². The molecule has 0 aliphatic heterocycles. The van der Waals surface area contributed by atoms with Crippen LogP contribution in [0.1, 0.15) is 27.0 Å². The third-order valence-electron chi connectivity index (χ3n) is 3.26. The van der Waals surface area contributed by atoms with Gasteiger partial charge >= 0.3 is 0 Å². The zero-order valence-electron chi connectivity index (χ0n) is 11.5. The number of methoxy groups -OCH3 is 1. The van der Waals surface area contributed by atoms with E-state index in [-0.39, 0.29) is 5.78 Å². The van der Waals surface area contributed by atoms with Crippen molar-refractivity contribution in [2.75, 3.05) is 7.11 Å². The minimum atomic E-state index is -0.150. The van der Waals surface area contributed by atoms with Crippen LogP contribution in [0.15, 0.2) is 30.3 Å². The maximum atomic E-state index is 12.5. The van der Waals surface area contributed by atoms with Crippen LogP contribution in [-0.4, -0.2) is 12.9 Å². The average Bonchev–Trinajstić information content (AvgIpc) is 2.43. The molecule has 0 aliphatic rings. The summed E-state index contributed by atoms with van der Waals surface area (Å²) < 4.78 is 5.07. The van der Waals surface area contributed by atoms with Gasteiger partial charge in [-0.05, 0) is 37.1 Å². The van der Waals surface area contributed by atoms with Gasteiger partial charge in [0.15, 0.2) is 5.78 Å². The molecule has 0 bridgehead atoms. The lowest BCUT2D eigenvalue weighted by molar-refractivity contribution is 0.103. The number of aryl methyl sites for hydroxylation is 2. The quantitative estimate of drug-likeness (QED) is 0.758. The summed E-state index contributed by atoms with van der Waals surface area (Å²) >= 11 is 12.2. The van der Waals surface area contributed by atoms with Gasteiger partial charge in [0.1, 0.15) is 5.75 Å². The van der Waals surface area contributed by atoms with Crippen molar-refractivity contribution in [1.82, 2.24) is 0 Å². The molecule has 0 radical (unpaired) electrons. The minimum absolute atomic E-state index is 0.150. The third kappa shape index (κ3) is 2.82. The lowest BCUT2D eigenvalue weighted by Crippen LogP contribution is -2.03. The Morgan fingerprint density at radius 3 is 2.30 bits per heavy atom. The summed E-state index contributed by atoms with van der Waals surface area (Å²) in [5, 5.41) is 0.693. The second-order valence-electron chi connectivity index (χ2n) is 4.59. The number of ketones is 1. The summed E-state index contributed by atoms with van der Waals surface area (Å²) in [6, 6.07) is 8.66. The van der Waals surface area contributed by atoms with Crippen molar-refractivity contribution in [3.05, 3.63) is 62.6 Å². The summed E-state index contributed by atoms with van der Waals surface area (Å²) in [7, 11) is 1.50. The van der Waals surface area contributed by atoms with Crippen LogP contribution in [0.3, 0.4) is 0 Å². The molecule has 2 rings (SSSR count). The van der Waals surface area contributed by atoms with Crippen LogP contribution in [0.2, 0.25) is 10.0 Å². The monoisotopic (exact) mass is 308 g/mol. The Labute approximate surface area is 128 Å². The first-order valence-corrected chi connectivity index (χ1v) is 6.84. The zero-order chi connectivity index (χ0) is 14.9. The van der Waals surface area contributed by atoms with E-state index in [4.69, 9.17) is 27.9 Å². The molecule has 2 aromatic carbocycles. The summed E-state index contributed by atoms with van der Waals surface area (Å²) in [6.45, 7) is 3.97. The van der Waals surface area contributed by atoms with E-state index in [9.17, 15) is 4.79 Å². The number of rotatable bonds is 3. The molecule has 0 spiro atoms. The molecule has 2 aromatic rings. The molecule has 0 heterocycles. The van der Waals surface area contributed by atoms with Crippen LogP contribution < -0.4 is 4.74 Å². The van der Waals surface area contributed by atoms with Crippen LogP contribution in [0, 0.1) is 13.8 Å². The Kier molecular flexibility index (Phi) is 4.36. The van der Waals surface area contributed by atoms with E-state index in [1.54, 1.807) is 18.2 Å². The predicted octanol–water partition coefficient (Wildman–Crippen LogP) is 4.85. The Morgan fingerprint density at radius 1 is 1.00 bits per heavy atom. The molecule has 0 N–H and O–H groups in total. The van der Waals surface area contributed by atoms with Crippen molar-refractivity contribution >= 4 is 29.0 Å². The highest BCUT2D eigenvalue weighted by Crippen LogP contribution is 2.32. The van der Waals surface area contributed by atoms with Gasteiger partial charge in [0.05, 0.1) is 17.2 Å². The van der Waals surface area contributed by atoms with Crippen LogP contribution in [0.5, 0.6) is 5.75 Å². The smallest absolute Gasteiger partial charge is 0.194 e. The lowest BCUT2D eigenvalue weighted by Gasteiger charge is -2.09. The van der Waals surface area contributed by atoms with E-state index in [0.717, 1.165) is 11.1 Å². The maximum absolute atomic E-state index is 12.5. The first-order valence-electron chi connectivity index (χ1n) is 6.09. The first kappa shape index (κ1) is 14.9. The standard InChI is InChI=1S/C16H14Cl2O2/c1-9-4-5-11(6-10(9)2)16(19)12-7-14(18)15(20-3)8-13(12)17/h4-8H,1-3H3. The zero-order valence-corrected chi connectivity index (χ0v) is 13.0. The molecular formula is C16H14Cl2O2. The van der Waals surface area contributed by atoms with Crippen molar-refractivity contribution in [2.24, 2.45) is 0 Å². The third-order valence-corrected chi connectivity index (χ3v) is 3.86. The van der Waals surface area contributed by atoms with E-state index in [2.05, 4.69) is 0 Å². The Morgan fingerprint density at radius 2 is 1.70 bits per heavy atom. The van der Waals surface area contributed by atoms with Crippen LogP contribution in [0.4, 0.5) is 0 Å². The van der Waals surface area contributed by atoms with Crippen molar-refractivity contribution < 1.29 is 9.53 Å². The Bertz CT molecular complexity index is 678. The van der Waals surface area contributed by atoms with Gasteiger partial charge < -0.3 is 4.74 Å². The average molecular weight is 309 g/mol. The summed E-state index contributed by atoms with van der Waals surface area (Å²) in [5.41, 5.74) is 3.17. The number of ether oxygens (including phenoxy) is 1. The van der Waals surface area contributed by atoms with E-state index in [0.29, 0.717) is 26.9 Å². The van der Waals surface area contributed by atoms with Gasteiger partial charge in [0.2, 0.25) is 0 Å². The molecule has 0 amide bonds. The van der Waals surface area contributed by atoms with Gasteiger partial charge in [0.25, 0.3) is 0 Å². The predicted molar refractivity (Wildman–Crippen MR) is 82.4 cm³/mol. The lowest BCUT2D eigenvalue weighted by atomic mass is 9.99.